The molecule has 2 aliphatic heterocycles. The molecule has 1 aromatic rings. The highest BCUT2D eigenvalue weighted by Crippen LogP contribution is 2.27. The maximum Gasteiger partial charge on any atom is 0.255 e. The van der Waals surface area contributed by atoms with Gasteiger partial charge in [-0.25, -0.2) is 0 Å². The summed E-state index contributed by atoms with van der Waals surface area (Å²) in [6.07, 6.45) is 0. The molecule has 1 amide bonds. The summed E-state index contributed by atoms with van der Waals surface area (Å²) < 4.78 is 5.62. The van der Waals surface area contributed by atoms with Crippen molar-refractivity contribution in [3.05, 3.63) is 23.8 Å². The molecule has 0 aliphatic carbocycles. The van der Waals surface area contributed by atoms with E-state index >= 15 is 0 Å². The van der Waals surface area contributed by atoms with Crippen LogP contribution in [0.1, 0.15) is 10.4 Å². The minimum Gasteiger partial charge on any atom is -0.491 e. The second kappa shape index (κ2) is 4.86. The van der Waals surface area contributed by atoms with Gasteiger partial charge in [0.05, 0.1) is 12.1 Å². The number of carbonyl (C=O) groups is 1. The van der Waals surface area contributed by atoms with E-state index in [1.807, 2.05) is 18.2 Å². The van der Waals surface area contributed by atoms with E-state index in [1.54, 1.807) is 0 Å². The zero-order valence-electron chi connectivity index (χ0n) is 10.2. The van der Waals surface area contributed by atoms with Crippen molar-refractivity contribution in [1.82, 2.24) is 10.6 Å². The third kappa shape index (κ3) is 2.13. The number of piperazine rings is 1. The molecule has 1 fully saturated rings. The van der Waals surface area contributed by atoms with Gasteiger partial charge in [0.15, 0.2) is 0 Å². The molecule has 1 saturated heterocycles. The molecule has 5 heteroatoms. The van der Waals surface area contributed by atoms with Crippen molar-refractivity contribution in [1.29, 1.82) is 0 Å². The van der Waals surface area contributed by atoms with Crippen LogP contribution in [-0.4, -0.2) is 45.2 Å². The van der Waals surface area contributed by atoms with Crippen LogP contribution in [0, 0.1) is 0 Å². The van der Waals surface area contributed by atoms with Gasteiger partial charge < -0.3 is 20.3 Å². The first-order valence-electron chi connectivity index (χ1n) is 6.35. The largest absolute Gasteiger partial charge is 0.491 e. The van der Waals surface area contributed by atoms with Crippen LogP contribution in [-0.2, 0) is 0 Å². The van der Waals surface area contributed by atoms with E-state index in [1.165, 1.54) is 0 Å². The maximum atomic E-state index is 11.8. The molecule has 0 saturated carbocycles. The molecular formula is C13H17N3O2. The Labute approximate surface area is 106 Å². The number of benzene rings is 1. The quantitative estimate of drug-likeness (QED) is 0.745. The summed E-state index contributed by atoms with van der Waals surface area (Å²) in [4.78, 5) is 14.1. The molecule has 0 bridgehead atoms. The van der Waals surface area contributed by atoms with Gasteiger partial charge in [-0.05, 0) is 12.1 Å². The van der Waals surface area contributed by atoms with E-state index in [9.17, 15) is 4.79 Å². The SMILES string of the molecule is O=C1NCCOc2cc(N3CCNCC3)ccc21. The molecule has 5 nitrogen and oxygen atoms in total. The average Bonchev–Trinajstić information content (AvgIpc) is 2.61. The van der Waals surface area contributed by atoms with Gasteiger partial charge in [0.2, 0.25) is 0 Å². The zero-order chi connectivity index (χ0) is 12.4. The van der Waals surface area contributed by atoms with E-state index in [4.69, 9.17) is 4.74 Å². The standard InChI is InChI=1S/C13H17N3O2/c17-13-11-2-1-10(16-6-3-14-4-7-16)9-12(11)18-8-5-15-13/h1-2,9,14H,3-8H2,(H,15,17). The van der Waals surface area contributed by atoms with Crippen molar-refractivity contribution in [2.45, 2.75) is 0 Å². The first-order chi connectivity index (χ1) is 8.84. The van der Waals surface area contributed by atoms with E-state index in [2.05, 4.69) is 15.5 Å². The Balaban J connectivity index is 1.89. The normalized spacial score (nSPS) is 19.6. The van der Waals surface area contributed by atoms with Crippen molar-refractivity contribution >= 4 is 11.6 Å². The molecule has 0 radical (unpaired) electrons. The number of rotatable bonds is 1. The van der Waals surface area contributed by atoms with Gasteiger partial charge in [0, 0.05) is 37.9 Å². The Morgan fingerprint density at radius 2 is 2.00 bits per heavy atom. The van der Waals surface area contributed by atoms with Crippen molar-refractivity contribution in [3.8, 4) is 5.75 Å². The van der Waals surface area contributed by atoms with Gasteiger partial charge in [0.25, 0.3) is 5.91 Å². The Morgan fingerprint density at radius 3 is 2.83 bits per heavy atom. The summed E-state index contributed by atoms with van der Waals surface area (Å²) in [6.45, 7) is 5.08. The fraction of sp³-hybridized carbons (Fsp3) is 0.462. The highest BCUT2D eigenvalue weighted by atomic mass is 16.5. The fourth-order valence-corrected chi connectivity index (χ4v) is 2.36. The minimum absolute atomic E-state index is 0.0469. The maximum absolute atomic E-state index is 11.8. The number of nitrogens with one attached hydrogen (secondary N) is 2. The predicted molar refractivity (Wildman–Crippen MR) is 69.4 cm³/mol. The van der Waals surface area contributed by atoms with E-state index in [0.29, 0.717) is 24.5 Å². The summed E-state index contributed by atoms with van der Waals surface area (Å²) >= 11 is 0. The van der Waals surface area contributed by atoms with Crippen LogP contribution >= 0.6 is 0 Å². The Kier molecular flexibility index (Phi) is 3.06. The molecule has 2 N–H and O–H groups in total. The van der Waals surface area contributed by atoms with Crippen molar-refractivity contribution in [3.63, 3.8) is 0 Å². The molecule has 96 valence electrons. The highest BCUT2D eigenvalue weighted by molar-refractivity contribution is 5.97. The van der Waals surface area contributed by atoms with Crippen molar-refractivity contribution in [2.24, 2.45) is 0 Å². The van der Waals surface area contributed by atoms with Gasteiger partial charge in [-0.1, -0.05) is 0 Å². The molecule has 0 aromatic heterocycles. The fourth-order valence-electron chi connectivity index (χ4n) is 2.36. The Morgan fingerprint density at radius 1 is 1.17 bits per heavy atom. The smallest absolute Gasteiger partial charge is 0.255 e. The lowest BCUT2D eigenvalue weighted by Gasteiger charge is -2.29. The minimum atomic E-state index is -0.0469. The molecule has 2 heterocycles. The zero-order valence-corrected chi connectivity index (χ0v) is 10.2. The second-order valence-corrected chi connectivity index (χ2v) is 4.52. The topological polar surface area (TPSA) is 53.6 Å². The van der Waals surface area contributed by atoms with Crippen LogP contribution in [0.25, 0.3) is 0 Å². The van der Waals surface area contributed by atoms with Gasteiger partial charge in [-0.2, -0.15) is 0 Å². The van der Waals surface area contributed by atoms with Gasteiger partial charge >= 0.3 is 0 Å². The number of fused-ring (bicyclic) bond motifs is 1. The molecule has 1 aromatic carbocycles. The number of amides is 1. The number of ether oxygens (including phenoxy) is 1. The molecule has 2 aliphatic rings. The highest BCUT2D eigenvalue weighted by Gasteiger charge is 2.18. The van der Waals surface area contributed by atoms with Crippen LogP contribution in [0.15, 0.2) is 18.2 Å². The predicted octanol–water partition coefficient (Wildman–Crippen LogP) is 0.218. The lowest BCUT2D eigenvalue weighted by atomic mass is 10.1. The van der Waals surface area contributed by atoms with Crippen LogP contribution in [0.5, 0.6) is 5.75 Å². The summed E-state index contributed by atoms with van der Waals surface area (Å²) in [6, 6.07) is 5.83. The first-order valence-corrected chi connectivity index (χ1v) is 6.35. The Bertz CT molecular complexity index is 456. The summed E-state index contributed by atoms with van der Waals surface area (Å²) in [5.41, 5.74) is 1.76. The third-order valence-corrected chi connectivity index (χ3v) is 3.34. The first kappa shape index (κ1) is 11.3. The number of nitrogens with zero attached hydrogens (tertiary/aromatic N) is 1. The molecule has 0 unspecified atom stereocenters. The molecule has 0 spiro atoms. The summed E-state index contributed by atoms with van der Waals surface area (Å²) in [5.74, 6) is 0.649. The number of hydrogen-bond donors (Lipinski definition) is 2. The van der Waals surface area contributed by atoms with Crippen molar-refractivity contribution < 1.29 is 9.53 Å². The Hall–Kier alpha value is -1.75. The van der Waals surface area contributed by atoms with E-state index < -0.39 is 0 Å². The lowest BCUT2D eigenvalue weighted by Crippen LogP contribution is -2.43. The number of carbonyl (C=O) groups excluding carboxylic acids is 1. The van der Waals surface area contributed by atoms with Gasteiger partial charge in [-0.3, -0.25) is 4.79 Å². The summed E-state index contributed by atoms with van der Waals surface area (Å²) in [5, 5.41) is 6.14. The van der Waals surface area contributed by atoms with Crippen LogP contribution in [0.2, 0.25) is 0 Å². The van der Waals surface area contributed by atoms with Gasteiger partial charge in [-0.15, -0.1) is 0 Å². The molecule has 18 heavy (non-hydrogen) atoms. The van der Waals surface area contributed by atoms with Gasteiger partial charge in [0.1, 0.15) is 12.4 Å². The van der Waals surface area contributed by atoms with Crippen LogP contribution in [0.3, 0.4) is 0 Å². The molecule has 0 atom stereocenters. The van der Waals surface area contributed by atoms with E-state index in [-0.39, 0.29) is 5.91 Å². The third-order valence-electron chi connectivity index (χ3n) is 3.34. The second-order valence-electron chi connectivity index (χ2n) is 4.52. The number of hydrogen-bond acceptors (Lipinski definition) is 4. The average molecular weight is 247 g/mol. The van der Waals surface area contributed by atoms with Crippen LogP contribution in [0.4, 0.5) is 5.69 Å². The summed E-state index contributed by atoms with van der Waals surface area (Å²) in [7, 11) is 0. The van der Waals surface area contributed by atoms with Crippen molar-refractivity contribution in [2.75, 3.05) is 44.2 Å². The lowest BCUT2D eigenvalue weighted by molar-refractivity contribution is 0.0957. The monoisotopic (exact) mass is 247 g/mol. The number of anilines is 1. The molecular weight excluding hydrogens is 230 g/mol. The van der Waals surface area contributed by atoms with E-state index in [0.717, 1.165) is 31.9 Å². The molecule has 3 rings (SSSR count). The van der Waals surface area contributed by atoms with Crippen LogP contribution < -0.4 is 20.3 Å².